The van der Waals surface area contributed by atoms with E-state index in [1.165, 1.54) is 12.8 Å². The molecule has 3 rings (SSSR count). The highest BCUT2D eigenvalue weighted by Gasteiger charge is 2.19. The van der Waals surface area contributed by atoms with E-state index in [9.17, 15) is 4.79 Å². The summed E-state index contributed by atoms with van der Waals surface area (Å²) in [5.74, 6) is -0.244. The molecule has 4 heteroatoms. The first-order valence-corrected chi connectivity index (χ1v) is 6.66. The number of hydrogen-bond acceptors (Lipinski definition) is 3. The van der Waals surface area contributed by atoms with E-state index >= 15 is 0 Å². The summed E-state index contributed by atoms with van der Waals surface area (Å²) in [5, 5.41) is 3.48. The van der Waals surface area contributed by atoms with Crippen LogP contribution in [0, 0.1) is 0 Å². The van der Waals surface area contributed by atoms with Gasteiger partial charge in [-0.15, -0.1) is 0 Å². The lowest BCUT2D eigenvalue weighted by molar-refractivity contribution is 0.487. The maximum Gasteiger partial charge on any atom is 0.419 e. The lowest BCUT2D eigenvalue weighted by Crippen LogP contribution is -2.19. The normalized spacial score (nSPS) is 15.3. The van der Waals surface area contributed by atoms with Gasteiger partial charge in [0.15, 0.2) is 5.58 Å². The fourth-order valence-electron chi connectivity index (χ4n) is 2.21. The molecule has 0 amide bonds. The van der Waals surface area contributed by atoms with Crippen molar-refractivity contribution in [2.75, 3.05) is 6.54 Å². The van der Waals surface area contributed by atoms with Crippen LogP contribution in [-0.2, 0) is 6.54 Å². The van der Waals surface area contributed by atoms with Crippen LogP contribution in [0.1, 0.15) is 25.7 Å². The zero-order valence-electron chi connectivity index (χ0n) is 10.4. The largest absolute Gasteiger partial charge is 0.419 e. The van der Waals surface area contributed by atoms with Crippen molar-refractivity contribution in [2.45, 2.75) is 38.3 Å². The Kier molecular flexibility index (Phi) is 3.19. The summed E-state index contributed by atoms with van der Waals surface area (Å²) in [6.45, 7) is 1.79. The minimum atomic E-state index is -0.244. The predicted molar refractivity (Wildman–Crippen MR) is 70.7 cm³/mol. The van der Waals surface area contributed by atoms with E-state index in [1.807, 2.05) is 24.3 Å². The lowest BCUT2D eigenvalue weighted by Gasteiger charge is -2.03. The van der Waals surface area contributed by atoms with E-state index in [4.69, 9.17) is 4.42 Å². The van der Waals surface area contributed by atoms with Crippen LogP contribution >= 0.6 is 0 Å². The number of aromatic nitrogens is 1. The monoisotopic (exact) mass is 246 g/mol. The lowest BCUT2D eigenvalue weighted by atomic mass is 10.3. The average Bonchev–Trinajstić information content (AvgIpc) is 3.13. The number of hydrogen-bond donors (Lipinski definition) is 1. The summed E-state index contributed by atoms with van der Waals surface area (Å²) in [4.78, 5) is 11.7. The van der Waals surface area contributed by atoms with E-state index in [2.05, 4.69) is 5.32 Å². The molecule has 1 aliphatic carbocycles. The summed E-state index contributed by atoms with van der Waals surface area (Å²) in [5.41, 5.74) is 1.58. The van der Waals surface area contributed by atoms with Crippen molar-refractivity contribution in [3.8, 4) is 0 Å². The van der Waals surface area contributed by atoms with Gasteiger partial charge in [0, 0.05) is 12.6 Å². The molecule has 18 heavy (non-hydrogen) atoms. The first-order valence-electron chi connectivity index (χ1n) is 6.66. The van der Waals surface area contributed by atoms with Crippen LogP contribution in [0.15, 0.2) is 33.5 Å². The van der Waals surface area contributed by atoms with E-state index in [0.717, 1.165) is 37.5 Å². The van der Waals surface area contributed by atoms with E-state index in [1.54, 1.807) is 4.57 Å². The Bertz CT molecular complexity index is 581. The number of nitrogens with one attached hydrogen (secondary N) is 1. The van der Waals surface area contributed by atoms with Gasteiger partial charge < -0.3 is 9.73 Å². The molecule has 1 saturated carbocycles. The molecule has 0 aliphatic heterocycles. The van der Waals surface area contributed by atoms with E-state index < -0.39 is 0 Å². The van der Waals surface area contributed by atoms with Crippen LogP contribution in [0.4, 0.5) is 0 Å². The number of fused-ring (bicyclic) bond motifs is 1. The number of nitrogens with zero attached hydrogens (tertiary/aromatic N) is 1. The maximum absolute atomic E-state index is 11.7. The van der Waals surface area contributed by atoms with Crippen molar-refractivity contribution in [2.24, 2.45) is 0 Å². The van der Waals surface area contributed by atoms with Crippen molar-refractivity contribution in [3.63, 3.8) is 0 Å². The first kappa shape index (κ1) is 11.5. The topological polar surface area (TPSA) is 47.2 Å². The maximum atomic E-state index is 11.7. The fourth-order valence-corrected chi connectivity index (χ4v) is 2.21. The second-order valence-corrected chi connectivity index (χ2v) is 4.92. The number of oxazole rings is 1. The number of aryl methyl sites for hydroxylation is 1. The molecule has 0 saturated heterocycles. The molecule has 2 aromatic rings. The first-order chi connectivity index (χ1) is 8.84. The van der Waals surface area contributed by atoms with Crippen molar-refractivity contribution in [1.82, 2.24) is 9.88 Å². The summed E-state index contributed by atoms with van der Waals surface area (Å²) < 4.78 is 6.92. The molecule has 0 radical (unpaired) electrons. The second-order valence-electron chi connectivity index (χ2n) is 4.92. The Hall–Kier alpha value is -1.55. The highest BCUT2D eigenvalue weighted by molar-refractivity contribution is 5.72. The summed E-state index contributed by atoms with van der Waals surface area (Å²) in [6.07, 6.45) is 4.75. The summed E-state index contributed by atoms with van der Waals surface area (Å²) >= 11 is 0. The van der Waals surface area contributed by atoms with Gasteiger partial charge in [0.25, 0.3) is 0 Å². The highest BCUT2D eigenvalue weighted by Crippen LogP contribution is 2.18. The summed E-state index contributed by atoms with van der Waals surface area (Å²) in [7, 11) is 0. The molecule has 1 fully saturated rings. The molecular weight excluding hydrogens is 228 g/mol. The van der Waals surface area contributed by atoms with Gasteiger partial charge in [-0.2, -0.15) is 0 Å². The fraction of sp³-hybridized carbons (Fsp3) is 0.500. The molecule has 1 aromatic carbocycles. The minimum Gasteiger partial charge on any atom is -0.408 e. The Labute approximate surface area is 106 Å². The van der Waals surface area contributed by atoms with Gasteiger partial charge in [0.05, 0.1) is 5.52 Å². The Morgan fingerprint density at radius 1 is 1.28 bits per heavy atom. The SMILES string of the molecule is O=c1oc2ccccc2n1CCCCNC1CC1. The molecule has 1 aliphatic rings. The van der Waals surface area contributed by atoms with Gasteiger partial charge in [-0.3, -0.25) is 4.57 Å². The third kappa shape index (κ3) is 2.48. The third-order valence-corrected chi connectivity index (χ3v) is 3.39. The van der Waals surface area contributed by atoms with Gasteiger partial charge in [-0.1, -0.05) is 12.1 Å². The standard InChI is InChI=1S/C14H18N2O2/c17-14-16(10-4-3-9-15-11-7-8-11)12-5-1-2-6-13(12)18-14/h1-2,5-6,11,15H,3-4,7-10H2. The van der Waals surface area contributed by atoms with E-state index in [0.29, 0.717) is 5.58 Å². The van der Waals surface area contributed by atoms with Crippen molar-refractivity contribution < 1.29 is 4.42 Å². The van der Waals surface area contributed by atoms with Gasteiger partial charge in [-0.25, -0.2) is 4.79 Å². The molecule has 0 bridgehead atoms. The molecule has 1 N–H and O–H groups in total. The van der Waals surface area contributed by atoms with Crippen LogP contribution in [0.3, 0.4) is 0 Å². The Morgan fingerprint density at radius 3 is 2.94 bits per heavy atom. The van der Waals surface area contributed by atoms with Gasteiger partial charge in [0.1, 0.15) is 0 Å². The number of para-hydroxylation sites is 2. The predicted octanol–water partition coefficient (Wildman–Crippen LogP) is 2.13. The van der Waals surface area contributed by atoms with Gasteiger partial charge in [0.2, 0.25) is 0 Å². The minimum absolute atomic E-state index is 0.244. The zero-order chi connectivity index (χ0) is 12.4. The molecule has 0 atom stereocenters. The summed E-state index contributed by atoms with van der Waals surface area (Å²) in [6, 6.07) is 8.35. The molecule has 4 nitrogen and oxygen atoms in total. The zero-order valence-corrected chi connectivity index (χ0v) is 10.4. The van der Waals surface area contributed by atoms with Crippen molar-refractivity contribution in [3.05, 3.63) is 34.8 Å². The second kappa shape index (κ2) is 4.98. The molecular formula is C14H18N2O2. The smallest absolute Gasteiger partial charge is 0.408 e. The van der Waals surface area contributed by atoms with Crippen LogP contribution in [0.2, 0.25) is 0 Å². The van der Waals surface area contributed by atoms with Gasteiger partial charge >= 0.3 is 5.76 Å². The Balaban J connectivity index is 1.59. The third-order valence-electron chi connectivity index (χ3n) is 3.39. The quantitative estimate of drug-likeness (QED) is 0.794. The molecule has 0 unspecified atom stereocenters. The van der Waals surface area contributed by atoms with Crippen LogP contribution in [0.5, 0.6) is 0 Å². The van der Waals surface area contributed by atoms with E-state index in [-0.39, 0.29) is 5.76 Å². The van der Waals surface area contributed by atoms with Crippen LogP contribution < -0.4 is 11.1 Å². The van der Waals surface area contributed by atoms with Crippen LogP contribution in [-0.4, -0.2) is 17.2 Å². The molecule has 96 valence electrons. The molecule has 0 spiro atoms. The average molecular weight is 246 g/mol. The van der Waals surface area contributed by atoms with Crippen LogP contribution in [0.25, 0.3) is 11.1 Å². The number of unbranched alkanes of at least 4 members (excludes halogenated alkanes) is 1. The number of benzene rings is 1. The molecule has 1 heterocycles. The van der Waals surface area contributed by atoms with Gasteiger partial charge in [-0.05, 0) is 44.4 Å². The highest BCUT2D eigenvalue weighted by atomic mass is 16.4. The van der Waals surface area contributed by atoms with Crippen molar-refractivity contribution in [1.29, 1.82) is 0 Å². The van der Waals surface area contributed by atoms with Crippen molar-refractivity contribution >= 4 is 11.1 Å². The molecule has 1 aromatic heterocycles. The Morgan fingerprint density at radius 2 is 2.11 bits per heavy atom. The number of rotatable bonds is 6.